The molecule has 1 heterocycles. The van der Waals surface area contributed by atoms with Crippen LogP contribution in [0.25, 0.3) is 0 Å². The van der Waals surface area contributed by atoms with Crippen molar-refractivity contribution >= 4 is 0 Å². The van der Waals surface area contributed by atoms with Crippen LogP contribution in [0.15, 0.2) is 18.2 Å². The number of ether oxygens (including phenoxy) is 2. The van der Waals surface area contributed by atoms with Crippen molar-refractivity contribution in [1.29, 1.82) is 0 Å². The summed E-state index contributed by atoms with van der Waals surface area (Å²) in [7, 11) is 1.75. The second-order valence-electron chi connectivity index (χ2n) is 5.63. The van der Waals surface area contributed by atoms with Gasteiger partial charge in [-0.3, -0.25) is 0 Å². The molecule has 112 valence electrons. The lowest BCUT2D eigenvalue weighted by Crippen LogP contribution is -2.40. The number of hydrogen-bond acceptors (Lipinski definition) is 3. The van der Waals surface area contributed by atoms with Crippen LogP contribution >= 0.6 is 0 Å². The number of methoxy groups -OCH3 is 1. The third-order valence-electron chi connectivity index (χ3n) is 4.18. The molecule has 1 saturated heterocycles. The van der Waals surface area contributed by atoms with Crippen LogP contribution in [-0.2, 0) is 11.2 Å². The van der Waals surface area contributed by atoms with Gasteiger partial charge >= 0.3 is 0 Å². The van der Waals surface area contributed by atoms with E-state index in [-0.39, 0.29) is 0 Å². The van der Waals surface area contributed by atoms with Crippen molar-refractivity contribution < 1.29 is 9.47 Å². The molecule has 0 aliphatic carbocycles. The topological polar surface area (TPSA) is 30.5 Å². The fraction of sp³-hybridized carbons (Fsp3) is 0.647. The first-order valence-corrected chi connectivity index (χ1v) is 7.69. The van der Waals surface area contributed by atoms with Crippen LogP contribution in [-0.4, -0.2) is 32.9 Å². The van der Waals surface area contributed by atoms with Crippen molar-refractivity contribution in [2.75, 3.05) is 26.9 Å². The zero-order chi connectivity index (χ0) is 14.4. The molecule has 0 saturated carbocycles. The largest absolute Gasteiger partial charge is 0.496 e. The van der Waals surface area contributed by atoms with E-state index in [2.05, 4.69) is 37.4 Å². The molecule has 1 aromatic rings. The van der Waals surface area contributed by atoms with Crippen molar-refractivity contribution in [3.63, 3.8) is 0 Å². The summed E-state index contributed by atoms with van der Waals surface area (Å²) in [6.07, 6.45) is 3.35. The molecule has 20 heavy (non-hydrogen) atoms. The maximum Gasteiger partial charge on any atom is 0.122 e. The Morgan fingerprint density at radius 1 is 1.35 bits per heavy atom. The quantitative estimate of drug-likeness (QED) is 0.867. The lowest BCUT2D eigenvalue weighted by atomic mass is 9.87. The number of hydrogen-bond donors (Lipinski definition) is 1. The highest BCUT2D eigenvalue weighted by Gasteiger charge is 2.24. The van der Waals surface area contributed by atoms with Crippen molar-refractivity contribution in [2.24, 2.45) is 5.92 Å². The third-order valence-corrected chi connectivity index (χ3v) is 4.18. The molecular weight excluding hydrogens is 250 g/mol. The average molecular weight is 277 g/mol. The Morgan fingerprint density at radius 2 is 2.10 bits per heavy atom. The Balaban J connectivity index is 2.12. The minimum absolute atomic E-state index is 0.514. The summed E-state index contributed by atoms with van der Waals surface area (Å²) in [5.41, 5.74) is 2.60. The van der Waals surface area contributed by atoms with Crippen LogP contribution in [0.1, 0.15) is 30.9 Å². The van der Waals surface area contributed by atoms with Gasteiger partial charge in [0, 0.05) is 19.3 Å². The third kappa shape index (κ3) is 3.97. The van der Waals surface area contributed by atoms with Crippen molar-refractivity contribution in [2.45, 2.75) is 39.2 Å². The highest BCUT2D eigenvalue weighted by molar-refractivity contribution is 5.37. The van der Waals surface area contributed by atoms with Crippen LogP contribution in [0.2, 0.25) is 0 Å². The lowest BCUT2D eigenvalue weighted by molar-refractivity contribution is 0.0539. The Bertz CT molecular complexity index is 413. The number of likely N-dealkylation sites (N-methyl/N-ethyl adjacent to an activating group) is 1. The van der Waals surface area contributed by atoms with Gasteiger partial charge in [-0.05, 0) is 50.3 Å². The fourth-order valence-corrected chi connectivity index (χ4v) is 3.09. The van der Waals surface area contributed by atoms with Gasteiger partial charge in [-0.15, -0.1) is 0 Å². The second-order valence-corrected chi connectivity index (χ2v) is 5.63. The van der Waals surface area contributed by atoms with Crippen LogP contribution in [0.3, 0.4) is 0 Å². The summed E-state index contributed by atoms with van der Waals surface area (Å²) in [6, 6.07) is 6.96. The zero-order valence-corrected chi connectivity index (χ0v) is 12.9. The summed E-state index contributed by atoms with van der Waals surface area (Å²) in [4.78, 5) is 0. The van der Waals surface area contributed by atoms with Crippen molar-refractivity contribution in [1.82, 2.24) is 5.32 Å². The summed E-state index contributed by atoms with van der Waals surface area (Å²) < 4.78 is 11.0. The van der Waals surface area contributed by atoms with Crippen LogP contribution in [0, 0.1) is 12.8 Å². The lowest BCUT2D eigenvalue weighted by Gasteiger charge is -2.31. The fourth-order valence-electron chi connectivity index (χ4n) is 3.09. The predicted octanol–water partition coefficient (Wildman–Crippen LogP) is 2.95. The standard InChI is InChI=1S/C17H27NO2/c1-4-18-16(14-7-9-20-10-8-14)12-15-11-13(2)5-6-17(15)19-3/h5-6,11,14,16,18H,4,7-10,12H2,1-3H3. The van der Waals surface area contributed by atoms with Crippen molar-refractivity contribution in [3.05, 3.63) is 29.3 Å². The Labute approximate surface area is 122 Å². The first-order chi connectivity index (χ1) is 9.74. The Kier molecular flexibility index (Phi) is 5.86. The van der Waals surface area contributed by atoms with Gasteiger partial charge in [0.2, 0.25) is 0 Å². The SMILES string of the molecule is CCNC(Cc1cc(C)ccc1OC)C1CCOCC1. The van der Waals surface area contributed by atoms with Crippen LogP contribution < -0.4 is 10.1 Å². The highest BCUT2D eigenvalue weighted by Crippen LogP contribution is 2.26. The molecule has 1 aliphatic heterocycles. The van der Waals surface area contributed by atoms with E-state index in [0.717, 1.165) is 44.8 Å². The van der Waals surface area contributed by atoms with Gasteiger partial charge in [0.05, 0.1) is 7.11 Å². The second kappa shape index (κ2) is 7.65. The molecule has 2 rings (SSSR count). The van der Waals surface area contributed by atoms with Crippen LogP contribution in [0.5, 0.6) is 5.75 Å². The maximum absolute atomic E-state index is 5.51. The smallest absolute Gasteiger partial charge is 0.122 e. The van der Waals surface area contributed by atoms with E-state index in [1.54, 1.807) is 7.11 Å². The van der Waals surface area contributed by atoms with E-state index in [4.69, 9.17) is 9.47 Å². The summed E-state index contributed by atoms with van der Waals surface area (Å²) in [5, 5.41) is 3.66. The Morgan fingerprint density at radius 3 is 2.75 bits per heavy atom. The Hall–Kier alpha value is -1.06. The van der Waals surface area contributed by atoms with E-state index < -0.39 is 0 Å². The summed E-state index contributed by atoms with van der Waals surface area (Å²) in [6.45, 7) is 7.13. The van der Waals surface area contributed by atoms with Gasteiger partial charge < -0.3 is 14.8 Å². The molecule has 1 aliphatic rings. The molecule has 0 radical (unpaired) electrons. The minimum Gasteiger partial charge on any atom is -0.496 e. The van der Waals surface area contributed by atoms with Gasteiger partial charge in [0.25, 0.3) is 0 Å². The molecule has 1 N–H and O–H groups in total. The van der Waals surface area contributed by atoms with Crippen LogP contribution in [0.4, 0.5) is 0 Å². The number of benzene rings is 1. The molecule has 0 spiro atoms. The summed E-state index contributed by atoms with van der Waals surface area (Å²) in [5.74, 6) is 1.71. The molecule has 1 unspecified atom stereocenters. The van der Waals surface area contributed by atoms with Gasteiger partial charge in [0.1, 0.15) is 5.75 Å². The molecule has 3 heteroatoms. The molecule has 1 atom stereocenters. The minimum atomic E-state index is 0.514. The van der Waals surface area contributed by atoms with Gasteiger partial charge in [0.15, 0.2) is 0 Å². The molecular formula is C17H27NO2. The first kappa shape index (κ1) is 15.3. The van der Waals surface area contributed by atoms with Gasteiger partial charge in [-0.25, -0.2) is 0 Å². The maximum atomic E-state index is 5.51. The van der Waals surface area contributed by atoms with Gasteiger partial charge in [-0.2, -0.15) is 0 Å². The molecule has 3 nitrogen and oxygen atoms in total. The number of aryl methyl sites for hydroxylation is 1. The molecule has 1 aromatic carbocycles. The van der Waals surface area contributed by atoms with E-state index in [0.29, 0.717) is 12.0 Å². The normalized spacial score (nSPS) is 17.9. The zero-order valence-electron chi connectivity index (χ0n) is 12.9. The summed E-state index contributed by atoms with van der Waals surface area (Å²) >= 11 is 0. The monoisotopic (exact) mass is 277 g/mol. The average Bonchev–Trinajstić information content (AvgIpc) is 2.48. The van der Waals surface area contributed by atoms with E-state index in [1.807, 2.05) is 0 Å². The van der Waals surface area contributed by atoms with Crippen molar-refractivity contribution in [3.8, 4) is 5.75 Å². The van der Waals surface area contributed by atoms with E-state index >= 15 is 0 Å². The molecule has 0 amide bonds. The number of nitrogens with one attached hydrogen (secondary N) is 1. The molecule has 0 bridgehead atoms. The molecule has 1 fully saturated rings. The van der Waals surface area contributed by atoms with Gasteiger partial charge in [-0.1, -0.05) is 24.6 Å². The number of rotatable bonds is 6. The highest BCUT2D eigenvalue weighted by atomic mass is 16.5. The first-order valence-electron chi connectivity index (χ1n) is 7.69. The predicted molar refractivity (Wildman–Crippen MR) is 82.4 cm³/mol. The van der Waals surface area contributed by atoms with E-state index in [1.165, 1.54) is 11.1 Å². The van der Waals surface area contributed by atoms with E-state index in [9.17, 15) is 0 Å². The molecule has 0 aromatic heterocycles.